The first-order valence-corrected chi connectivity index (χ1v) is 8.34. The largest absolute Gasteiger partial charge is 0.354 e. The average molecular weight is 309 g/mol. The van der Waals surface area contributed by atoms with E-state index in [4.69, 9.17) is 11.6 Å². The zero-order chi connectivity index (χ0) is 15.1. The molecule has 116 valence electrons. The van der Waals surface area contributed by atoms with Gasteiger partial charge in [-0.2, -0.15) is 0 Å². The molecule has 1 N–H and O–H groups in total. The molecule has 1 amide bonds. The van der Waals surface area contributed by atoms with E-state index in [2.05, 4.69) is 17.1 Å². The highest BCUT2D eigenvalue weighted by Crippen LogP contribution is 2.17. The smallest absolute Gasteiger partial charge is 0.237 e. The summed E-state index contributed by atoms with van der Waals surface area (Å²) in [7, 11) is 0. The lowest BCUT2D eigenvalue weighted by molar-refractivity contribution is -0.127. The summed E-state index contributed by atoms with van der Waals surface area (Å²) < 4.78 is 0. The van der Waals surface area contributed by atoms with Crippen LogP contribution in [0.15, 0.2) is 24.3 Å². The minimum absolute atomic E-state index is 0.0731. The Bertz CT molecular complexity index is 445. The van der Waals surface area contributed by atoms with Gasteiger partial charge in [0, 0.05) is 11.6 Å². The number of nitrogens with zero attached hydrogens (tertiary/aromatic N) is 1. The molecule has 0 bridgehead atoms. The lowest BCUT2D eigenvalue weighted by Gasteiger charge is -2.34. The number of rotatable bonds is 6. The number of halogens is 1. The van der Waals surface area contributed by atoms with Crippen LogP contribution in [0.3, 0.4) is 0 Å². The molecule has 1 unspecified atom stereocenters. The van der Waals surface area contributed by atoms with E-state index in [1.165, 1.54) is 12.0 Å². The normalized spacial score (nSPS) is 19.4. The highest BCUT2D eigenvalue weighted by atomic mass is 35.5. The lowest BCUT2D eigenvalue weighted by atomic mass is 10.0. The van der Waals surface area contributed by atoms with Gasteiger partial charge in [-0.3, -0.25) is 9.69 Å². The predicted octanol–water partition coefficient (Wildman–Crippen LogP) is 3.26. The average Bonchev–Trinajstić information content (AvgIpc) is 2.50. The van der Waals surface area contributed by atoms with Crippen LogP contribution >= 0.6 is 11.6 Å². The third kappa shape index (κ3) is 5.01. The van der Waals surface area contributed by atoms with Gasteiger partial charge in [0.2, 0.25) is 5.91 Å². The molecule has 4 heteroatoms. The fourth-order valence-corrected chi connectivity index (χ4v) is 3.07. The van der Waals surface area contributed by atoms with Crippen molar-refractivity contribution >= 4 is 17.5 Å². The van der Waals surface area contributed by atoms with Gasteiger partial charge < -0.3 is 5.32 Å². The molecule has 1 aromatic rings. The van der Waals surface area contributed by atoms with Crippen molar-refractivity contribution in [1.82, 2.24) is 10.2 Å². The number of carbonyl (C=O) groups excluding carboxylic acids is 1. The Hall–Kier alpha value is -1.06. The minimum Gasteiger partial charge on any atom is -0.354 e. The molecular weight excluding hydrogens is 284 g/mol. The third-order valence-corrected chi connectivity index (χ3v) is 4.31. The second-order valence-electron chi connectivity index (χ2n) is 5.72. The fourth-order valence-electron chi connectivity index (χ4n) is 2.94. The first kappa shape index (κ1) is 16.3. The van der Waals surface area contributed by atoms with Crippen molar-refractivity contribution in [2.75, 3.05) is 19.6 Å². The van der Waals surface area contributed by atoms with Gasteiger partial charge in [0.1, 0.15) is 0 Å². The van der Waals surface area contributed by atoms with E-state index < -0.39 is 0 Å². The summed E-state index contributed by atoms with van der Waals surface area (Å²) in [5.41, 5.74) is 1.20. The second kappa shape index (κ2) is 8.40. The Morgan fingerprint density at radius 3 is 2.81 bits per heavy atom. The Morgan fingerprint density at radius 2 is 2.10 bits per heavy atom. The molecule has 1 aliphatic heterocycles. The molecule has 1 heterocycles. The van der Waals surface area contributed by atoms with Crippen LogP contribution in [0.5, 0.6) is 0 Å². The van der Waals surface area contributed by atoms with Crippen molar-refractivity contribution in [2.45, 2.75) is 45.1 Å². The highest BCUT2D eigenvalue weighted by Gasteiger charge is 2.27. The summed E-state index contributed by atoms with van der Waals surface area (Å²) in [4.78, 5) is 14.7. The SMILES string of the molecule is CCCN1CCCCC1C(=O)NCCc1ccc(Cl)cc1. The van der Waals surface area contributed by atoms with Crippen molar-refractivity contribution in [1.29, 1.82) is 0 Å². The molecule has 3 nitrogen and oxygen atoms in total. The van der Waals surface area contributed by atoms with Gasteiger partial charge in [-0.1, -0.05) is 37.1 Å². The fraction of sp³-hybridized carbons (Fsp3) is 0.588. The maximum absolute atomic E-state index is 12.4. The van der Waals surface area contributed by atoms with E-state index in [-0.39, 0.29) is 11.9 Å². The number of piperidine rings is 1. The van der Waals surface area contributed by atoms with Crippen molar-refractivity contribution < 1.29 is 4.79 Å². The van der Waals surface area contributed by atoms with Gasteiger partial charge in [0.15, 0.2) is 0 Å². The van der Waals surface area contributed by atoms with Crippen molar-refractivity contribution in [3.05, 3.63) is 34.9 Å². The van der Waals surface area contributed by atoms with Gasteiger partial charge in [0.25, 0.3) is 0 Å². The Morgan fingerprint density at radius 1 is 1.33 bits per heavy atom. The van der Waals surface area contributed by atoms with Crippen molar-refractivity contribution in [2.24, 2.45) is 0 Å². The molecule has 2 rings (SSSR count). The van der Waals surface area contributed by atoms with Crippen LogP contribution in [0.1, 0.15) is 38.2 Å². The zero-order valence-corrected chi connectivity index (χ0v) is 13.5. The molecule has 0 saturated carbocycles. The summed E-state index contributed by atoms with van der Waals surface area (Å²) >= 11 is 5.87. The summed E-state index contributed by atoms with van der Waals surface area (Å²) in [6, 6.07) is 7.88. The van der Waals surface area contributed by atoms with Gasteiger partial charge in [-0.05, 0) is 56.5 Å². The van der Waals surface area contributed by atoms with Crippen molar-refractivity contribution in [3.8, 4) is 0 Å². The number of amides is 1. The Kier molecular flexibility index (Phi) is 6.52. The zero-order valence-electron chi connectivity index (χ0n) is 12.8. The molecule has 1 atom stereocenters. The maximum Gasteiger partial charge on any atom is 0.237 e. The number of hydrogen-bond donors (Lipinski definition) is 1. The first-order chi connectivity index (χ1) is 10.2. The Labute approximate surface area is 132 Å². The van der Waals surface area contributed by atoms with E-state index in [9.17, 15) is 4.79 Å². The van der Waals surface area contributed by atoms with E-state index in [1.807, 2.05) is 24.3 Å². The van der Waals surface area contributed by atoms with Gasteiger partial charge in [0.05, 0.1) is 6.04 Å². The van der Waals surface area contributed by atoms with Gasteiger partial charge >= 0.3 is 0 Å². The van der Waals surface area contributed by atoms with Crippen LogP contribution in [0.4, 0.5) is 0 Å². The van der Waals surface area contributed by atoms with Crippen LogP contribution in [0.2, 0.25) is 5.02 Å². The van der Waals surface area contributed by atoms with Crippen molar-refractivity contribution in [3.63, 3.8) is 0 Å². The number of nitrogens with one attached hydrogen (secondary N) is 1. The number of hydrogen-bond acceptors (Lipinski definition) is 2. The molecule has 1 aromatic carbocycles. The lowest BCUT2D eigenvalue weighted by Crippen LogP contribution is -2.50. The number of likely N-dealkylation sites (tertiary alicyclic amines) is 1. The molecule has 1 aliphatic rings. The molecule has 0 aliphatic carbocycles. The second-order valence-corrected chi connectivity index (χ2v) is 6.15. The molecular formula is C17H25ClN2O. The summed E-state index contributed by atoms with van der Waals surface area (Å²) in [5, 5.41) is 3.84. The predicted molar refractivity (Wildman–Crippen MR) is 87.7 cm³/mol. The van der Waals surface area contributed by atoms with Crippen LogP contribution in [0, 0.1) is 0 Å². The van der Waals surface area contributed by atoms with Crippen LogP contribution < -0.4 is 5.32 Å². The van der Waals surface area contributed by atoms with Crippen LogP contribution in [-0.4, -0.2) is 36.5 Å². The van der Waals surface area contributed by atoms with E-state index >= 15 is 0 Å². The first-order valence-electron chi connectivity index (χ1n) is 7.97. The topological polar surface area (TPSA) is 32.3 Å². The molecule has 0 radical (unpaired) electrons. The number of benzene rings is 1. The molecule has 1 saturated heterocycles. The van der Waals surface area contributed by atoms with E-state index in [1.54, 1.807) is 0 Å². The quantitative estimate of drug-likeness (QED) is 0.875. The Balaban J connectivity index is 1.78. The standard InChI is InChI=1S/C17H25ClN2O/c1-2-12-20-13-4-3-5-16(20)17(21)19-11-10-14-6-8-15(18)9-7-14/h6-9,16H,2-5,10-13H2,1H3,(H,19,21). The van der Waals surface area contributed by atoms with E-state index in [0.29, 0.717) is 6.54 Å². The molecule has 1 fully saturated rings. The summed E-state index contributed by atoms with van der Waals surface area (Å²) in [6.07, 6.45) is 5.33. The van der Waals surface area contributed by atoms with E-state index in [0.717, 1.165) is 43.8 Å². The van der Waals surface area contributed by atoms with Gasteiger partial charge in [-0.25, -0.2) is 0 Å². The molecule has 21 heavy (non-hydrogen) atoms. The third-order valence-electron chi connectivity index (χ3n) is 4.05. The molecule has 0 spiro atoms. The van der Waals surface area contributed by atoms with Crippen LogP contribution in [0.25, 0.3) is 0 Å². The monoisotopic (exact) mass is 308 g/mol. The summed E-state index contributed by atoms with van der Waals surface area (Å²) in [5.74, 6) is 0.192. The molecule has 0 aromatic heterocycles. The highest BCUT2D eigenvalue weighted by molar-refractivity contribution is 6.30. The maximum atomic E-state index is 12.4. The van der Waals surface area contributed by atoms with Gasteiger partial charge in [-0.15, -0.1) is 0 Å². The minimum atomic E-state index is 0.0731. The van der Waals surface area contributed by atoms with Crippen LogP contribution in [-0.2, 0) is 11.2 Å². The summed E-state index contributed by atoms with van der Waals surface area (Å²) in [6.45, 7) is 4.94. The number of carbonyl (C=O) groups is 1.